The number of carbonyl (C=O) groups excluding carboxylic acids is 3. The van der Waals surface area contributed by atoms with E-state index in [1.807, 2.05) is 0 Å². The second kappa shape index (κ2) is 7.35. The van der Waals surface area contributed by atoms with Crippen LogP contribution >= 0.6 is 0 Å². The molecule has 1 aliphatic rings. The fourth-order valence-electron chi connectivity index (χ4n) is 3.09. The summed E-state index contributed by atoms with van der Waals surface area (Å²) in [4.78, 5) is 36.3. The second-order valence-electron chi connectivity index (χ2n) is 6.68. The van der Waals surface area contributed by atoms with Crippen LogP contribution in [-0.2, 0) is 9.53 Å². The van der Waals surface area contributed by atoms with Gasteiger partial charge in [-0.15, -0.1) is 0 Å². The van der Waals surface area contributed by atoms with E-state index >= 15 is 0 Å². The van der Waals surface area contributed by atoms with Crippen LogP contribution in [0.2, 0.25) is 0 Å². The Hall–Kier alpha value is -3.74. The van der Waals surface area contributed by atoms with Gasteiger partial charge in [0.05, 0.1) is 5.92 Å². The van der Waals surface area contributed by atoms with Gasteiger partial charge in [0.1, 0.15) is 11.6 Å². The highest BCUT2D eigenvalue weighted by atomic mass is 19.1. The van der Waals surface area contributed by atoms with Crippen molar-refractivity contribution in [3.63, 3.8) is 0 Å². The number of hydrogen-bond donors (Lipinski definition) is 1. The zero-order chi connectivity index (χ0) is 20.5. The van der Waals surface area contributed by atoms with Crippen LogP contribution in [0.3, 0.4) is 0 Å². The maximum Gasteiger partial charge on any atom is 0.374 e. The van der Waals surface area contributed by atoms with E-state index in [0.29, 0.717) is 22.6 Å². The lowest BCUT2D eigenvalue weighted by Gasteiger charge is -2.06. The van der Waals surface area contributed by atoms with E-state index < -0.39 is 18.4 Å². The number of fused-ring (bicyclic) bond motifs is 1. The van der Waals surface area contributed by atoms with Gasteiger partial charge in [-0.3, -0.25) is 9.59 Å². The Kier molecular flexibility index (Phi) is 4.72. The van der Waals surface area contributed by atoms with Crippen LogP contribution < -0.4 is 5.32 Å². The van der Waals surface area contributed by atoms with Crippen molar-refractivity contribution in [2.24, 2.45) is 0 Å². The Morgan fingerprint density at radius 1 is 1.10 bits per heavy atom. The van der Waals surface area contributed by atoms with Gasteiger partial charge in [-0.2, -0.15) is 0 Å². The van der Waals surface area contributed by atoms with E-state index in [1.165, 1.54) is 30.3 Å². The number of ether oxygens (including phenoxy) is 1. The van der Waals surface area contributed by atoms with Crippen LogP contribution in [-0.4, -0.2) is 24.3 Å². The maximum atomic E-state index is 13.0. The summed E-state index contributed by atoms with van der Waals surface area (Å²) in [6.07, 6.45) is 0. The topological polar surface area (TPSA) is 85.6 Å². The summed E-state index contributed by atoms with van der Waals surface area (Å²) in [6.45, 7) is 1.30. The summed E-state index contributed by atoms with van der Waals surface area (Å²) in [5, 5.41) is 2.74. The molecule has 0 unspecified atom stereocenters. The highest BCUT2D eigenvalue weighted by Gasteiger charge is 2.27. The van der Waals surface area contributed by atoms with E-state index in [4.69, 9.17) is 9.15 Å². The third kappa shape index (κ3) is 3.67. The number of furan rings is 1. The van der Waals surface area contributed by atoms with E-state index in [0.717, 1.165) is 5.56 Å². The summed E-state index contributed by atoms with van der Waals surface area (Å²) in [7, 11) is 0. The number of ketones is 1. The highest BCUT2D eigenvalue weighted by Crippen LogP contribution is 2.32. The molecule has 1 aliphatic heterocycles. The summed E-state index contributed by atoms with van der Waals surface area (Å²) < 4.78 is 23.5. The van der Waals surface area contributed by atoms with E-state index in [9.17, 15) is 18.8 Å². The van der Waals surface area contributed by atoms with Crippen molar-refractivity contribution in [2.75, 3.05) is 11.9 Å². The first-order chi connectivity index (χ1) is 13.9. The lowest BCUT2D eigenvalue weighted by atomic mass is 9.99. The number of esters is 1. The van der Waals surface area contributed by atoms with Gasteiger partial charge in [-0.25, -0.2) is 9.18 Å². The molecule has 2 heterocycles. The van der Waals surface area contributed by atoms with Crippen molar-refractivity contribution in [1.82, 2.24) is 0 Å². The molecule has 1 amide bonds. The van der Waals surface area contributed by atoms with Crippen molar-refractivity contribution in [2.45, 2.75) is 12.8 Å². The Morgan fingerprint density at radius 2 is 1.86 bits per heavy atom. The van der Waals surface area contributed by atoms with Gasteiger partial charge in [0.2, 0.25) is 11.7 Å². The van der Waals surface area contributed by atoms with Crippen molar-refractivity contribution in [1.29, 1.82) is 0 Å². The average Bonchev–Trinajstić information content (AvgIpc) is 3.32. The minimum atomic E-state index is -0.780. The quantitative estimate of drug-likeness (QED) is 0.519. The normalized spacial score (nSPS) is 15.0. The molecule has 146 valence electrons. The number of amides is 1. The zero-order valence-electron chi connectivity index (χ0n) is 15.4. The molecule has 0 aliphatic carbocycles. The Morgan fingerprint density at radius 3 is 2.62 bits per heavy atom. The highest BCUT2D eigenvalue weighted by molar-refractivity contribution is 6.05. The molecule has 4 rings (SSSR count). The molecule has 0 radical (unpaired) electrons. The minimum Gasteiger partial charge on any atom is -0.451 e. The summed E-state index contributed by atoms with van der Waals surface area (Å²) in [5.74, 6) is -1.68. The van der Waals surface area contributed by atoms with Crippen molar-refractivity contribution >= 4 is 23.3 Å². The van der Waals surface area contributed by atoms with Crippen molar-refractivity contribution < 1.29 is 27.9 Å². The Balaban J connectivity index is 1.41. The lowest BCUT2D eigenvalue weighted by molar-refractivity contribution is -0.116. The molecule has 29 heavy (non-hydrogen) atoms. The standard InChI is InChI=1S/C22H16FNO5/c1-12-16-10-14(4-7-17(16)24-21(12)26)18(25)11-28-22(27)20-9-8-19(29-20)13-2-5-15(23)6-3-13/h2-10,12H,11H2,1H3,(H,24,26)/t12-/m0/s1. The van der Waals surface area contributed by atoms with Crippen molar-refractivity contribution in [3.8, 4) is 11.3 Å². The third-order valence-electron chi connectivity index (χ3n) is 4.76. The number of anilines is 1. The predicted molar refractivity (Wildman–Crippen MR) is 102 cm³/mol. The first kappa shape index (κ1) is 18.6. The molecule has 1 aromatic heterocycles. The van der Waals surface area contributed by atoms with Crippen molar-refractivity contribution in [3.05, 3.63) is 77.3 Å². The van der Waals surface area contributed by atoms with Gasteiger partial charge in [0, 0.05) is 16.8 Å². The largest absolute Gasteiger partial charge is 0.451 e. The van der Waals surface area contributed by atoms with Gasteiger partial charge in [-0.05, 0) is 67.1 Å². The molecule has 1 N–H and O–H groups in total. The molecule has 0 spiro atoms. The molecule has 6 nitrogen and oxygen atoms in total. The predicted octanol–water partition coefficient (Wildman–Crippen LogP) is 4.18. The number of nitrogens with one attached hydrogen (secondary N) is 1. The van der Waals surface area contributed by atoms with Gasteiger partial charge in [0.15, 0.2) is 12.4 Å². The zero-order valence-corrected chi connectivity index (χ0v) is 15.4. The second-order valence-corrected chi connectivity index (χ2v) is 6.68. The van der Waals surface area contributed by atoms with E-state index in [2.05, 4.69) is 5.32 Å². The monoisotopic (exact) mass is 393 g/mol. The van der Waals surface area contributed by atoms with Gasteiger partial charge in [0.25, 0.3) is 0 Å². The molecule has 0 saturated heterocycles. The first-order valence-corrected chi connectivity index (χ1v) is 8.93. The number of rotatable bonds is 5. The van der Waals surface area contributed by atoms with Crippen LogP contribution in [0.25, 0.3) is 11.3 Å². The molecular weight excluding hydrogens is 377 g/mol. The SMILES string of the molecule is C[C@@H]1C(=O)Nc2ccc(C(=O)COC(=O)c3ccc(-c4ccc(F)cc4)o3)cc21. The average molecular weight is 393 g/mol. The van der Waals surface area contributed by atoms with Gasteiger partial charge in [-0.1, -0.05) is 0 Å². The molecule has 0 fully saturated rings. The Labute approximate surface area is 165 Å². The molecular formula is C22H16FNO5. The third-order valence-corrected chi connectivity index (χ3v) is 4.76. The molecule has 7 heteroatoms. The maximum absolute atomic E-state index is 13.0. The molecule has 1 atom stereocenters. The van der Waals surface area contributed by atoms with Crippen LogP contribution in [0, 0.1) is 5.82 Å². The first-order valence-electron chi connectivity index (χ1n) is 8.93. The van der Waals surface area contributed by atoms with E-state index in [1.54, 1.807) is 31.2 Å². The van der Waals surface area contributed by atoms with E-state index in [-0.39, 0.29) is 23.4 Å². The molecule has 0 saturated carbocycles. The number of Topliss-reactive ketones (excluding diaryl/α,β-unsaturated/α-hetero) is 1. The van der Waals surface area contributed by atoms with Crippen LogP contribution in [0.15, 0.2) is 59.0 Å². The molecule has 2 aromatic carbocycles. The summed E-state index contributed by atoms with van der Waals surface area (Å²) >= 11 is 0. The Bertz CT molecular complexity index is 1120. The lowest BCUT2D eigenvalue weighted by Crippen LogP contribution is -2.14. The van der Waals surface area contributed by atoms with Crippen LogP contribution in [0.4, 0.5) is 10.1 Å². The van der Waals surface area contributed by atoms with Gasteiger partial charge >= 0.3 is 5.97 Å². The number of hydrogen-bond acceptors (Lipinski definition) is 5. The van der Waals surface area contributed by atoms with Gasteiger partial charge < -0.3 is 14.5 Å². The number of halogens is 1. The number of carbonyl (C=O) groups is 3. The molecule has 0 bridgehead atoms. The summed E-state index contributed by atoms with van der Waals surface area (Å²) in [5.41, 5.74) is 2.38. The fourth-order valence-corrected chi connectivity index (χ4v) is 3.09. The fraction of sp³-hybridized carbons (Fsp3) is 0.136. The van der Waals surface area contributed by atoms with Crippen LogP contribution in [0.5, 0.6) is 0 Å². The van der Waals surface area contributed by atoms with Crippen LogP contribution in [0.1, 0.15) is 39.3 Å². The summed E-state index contributed by atoms with van der Waals surface area (Å²) in [6, 6.07) is 13.5. The smallest absolute Gasteiger partial charge is 0.374 e. The molecule has 3 aromatic rings. The number of benzene rings is 2. The minimum absolute atomic E-state index is 0.0607.